The minimum absolute atomic E-state index is 0.233. The zero-order valence-corrected chi connectivity index (χ0v) is 10.5. The van der Waals surface area contributed by atoms with Crippen molar-refractivity contribution in [2.75, 3.05) is 18.0 Å². The van der Waals surface area contributed by atoms with Crippen molar-refractivity contribution in [2.24, 2.45) is 0 Å². The maximum Gasteiger partial charge on any atom is 0.417 e. The molecule has 0 aliphatic heterocycles. The number of hydrogen-bond acceptors (Lipinski definition) is 2. The highest BCUT2D eigenvalue weighted by Crippen LogP contribution is 2.34. The molecule has 0 fully saturated rings. The third kappa shape index (κ3) is 3.66. The van der Waals surface area contributed by atoms with Crippen molar-refractivity contribution in [2.45, 2.75) is 19.5 Å². The summed E-state index contributed by atoms with van der Waals surface area (Å²) in [6.07, 6.45) is 1.43. The van der Waals surface area contributed by atoms with E-state index >= 15 is 0 Å². The average Bonchev–Trinajstić information content (AvgIpc) is 2.37. The number of halogens is 3. The predicted octanol–water partition coefficient (Wildman–Crippen LogP) is 3.43. The summed E-state index contributed by atoms with van der Waals surface area (Å²) in [6, 6.07) is 5.20. The van der Waals surface area contributed by atoms with Crippen LogP contribution in [0.1, 0.15) is 24.5 Å². The van der Waals surface area contributed by atoms with Gasteiger partial charge in [-0.05, 0) is 24.6 Å². The fraction of sp³-hybridized carbons (Fsp3) is 0.357. The second-order valence-electron chi connectivity index (χ2n) is 3.97. The first-order valence-electron chi connectivity index (χ1n) is 5.73. The van der Waals surface area contributed by atoms with Gasteiger partial charge in [-0.25, -0.2) is 0 Å². The van der Waals surface area contributed by atoms with E-state index < -0.39 is 11.7 Å². The van der Waals surface area contributed by atoms with Gasteiger partial charge in [-0.3, -0.25) is 0 Å². The Morgan fingerprint density at radius 3 is 2.53 bits per heavy atom. The van der Waals surface area contributed by atoms with Gasteiger partial charge in [0.2, 0.25) is 0 Å². The molecule has 0 amide bonds. The Morgan fingerprint density at radius 1 is 1.37 bits per heavy atom. The van der Waals surface area contributed by atoms with Crippen LogP contribution in [0, 0.1) is 23.7 Å². The van der Waals surface area contributed by atoms with Crippen molar-refractivity contribution in [1.29, 1.82) is 5.26 Å². The van der Waals surface area contributed by atoms with Gasteiger partial charge in [-0.1, -0.05) is 12.8 Å². The van der Waals surface area contributed by atoms with Crippen LogP contribution in [0.15, 0.2) is 18.2 Å². The standard InChI is InChI=1S/C14H13F3N2/c1-3-7-19(8-4-2)12-6-5-11(10-18)13(9-12)14(15,16)17/h1,5-6,9H,4,7-8H2,2H3. The lowest BCUT2D eigenvalue weighted by molar-refractivity contribution is -0.137. The molecule has 0 saturated heterocycles. The lowest BCUT2D eigenvalue weighted by Crippen LogP contribution is -2.25. The van der Waals surface area contributed by atoms with E-state index in [0.29, 0.717) is 12.2 Å². The molecule has 0 radical (unpaired) electrons. The molecule has 0 N–H and O–H groups in total. The van der Waals surface area contributed by atoms with Crippen LogP contribution in [0.2, 0.25) is 0 Å². The van der Waals surface area contributed by atoms with Gasteiger partial charge < -0.3 is 4.90 Å². The van der Waals surface area contributed by atoms with Gasteiger partial charge in [-0.2, -0.15) is 18.4 Å². The molecule has 0 aromatic heterocycles. The van der Waals surface area contributed by atoms with Gasteiger partial charge in [0, 0.05) is 12.2 Å². The summed E-state index contributed by atoms with van der Waals surface area (Å²) >= 11 is 0. The normalized spacial score (nSPS) is 10.6. The summed E-state index contributed by atoms with van der Waals surface area (Å²) in [5, 5.41) is 8.72. The Bertz CT molecular complexity index is 521. The number of terminal acetylenes is 1. The van der Waals surface area contributed by atoms with Crippen LogP contribution < -0.4 is 4.90 Å². The fourth-order valence-corrected chi connectivity index (χ4v) is 1.74. The summed E-state index contributed by atoms with van der Waals surface area (Å²) in [5.41, 5.74) is -0.926. The highest BCUT2D eigenvalue weighted by atomic mass is 19.4. The van der Waals surface area contributed by atoms with Crippen LogP contribution >= 0.6 is 0 Å². The van der Waals surface area contributed by atoms with E-state index in [-0.39, 0.29) is 12.1 Å². The summed E-state index contributed by atoms with van der Waals surface area (Å²) in [6.45, 7) is 2.71. The predicted molar refractivity (Wildman–Crippen MR) is 67.5 cm³/mol. The van der Waals surface area contributed by atoms with Crippen molar-refractivity contribution in [3.05, 3.63) is 29.3 Å². The van der Waals surface area contributed by atoms with Gasteiger partial charge in [0.15, 0.2) is 0 Å². The third-order valence-electron chi connectivity index (χ3n) is 2.57. The zero-order chi connectivity index (χ0) is 14.5. The lowest BCUT2D eigenvalue weighted by atomic mass is 10.1. The van der Waals surface area contributed by atoms with Crippen LogP contribution in [-0.4, -0.2) is 13.1 Å². The molecule has 0 bridgehead atoms. The number of alkyl halides is 3. The Balaban J connectivity index is 3.25. The van der Waals surface area contributed by atoms with Crippen LogP contribution in [0.5, 0.6) is 0 Å². The maximum atomic E-state index is 12.8. The fourth-order valence-electron chi connectivity index (χ4n) is 1.74. The molecule has 0 aliphatic carbocycles. The Hall–Kier alpha value is -2.14. The van der Waals surface area contributed by atoms with Crippen LogP contribution in [0.25, 0.3) is 0 Å². The number of benzene rings is 1. The second-order valence-corrected chi connectivity index (χ2v) is 3.97. The van der Waals surface area contributed by atoms with Gasteiger partial charge >= 0.3 is 6.18 Å². The Morgan fingerprint density at radius 2 is 2.05 bits per heavy atom. The minimum Gasteiger partial charge on any atom is -0.360 e. The number of nitrogens with zero attached hydrogens (tertiary/aromatic N) is 2. The first-order valence-corrected chi connectivity index (χ1v) is 5.73. The molecule has 0 spiro atoms. The second kappa shape index (κ2) is 6.15. The van der Waals surface area contributed by atoms with E-state index in [4.69, 9.17) is 11.7 Å². The summed E-state index contributed by atoms with van der Waals surface area (Å²) in [5.74, 6) is 2.42. The Labute approximate surface area is 110 Å². The first-order chi connectivity index (χ1) is 8.93. The zero-order valence-electron chi connectivity index (χ0n) is 10.5. The summed E-state index contributed by atoms with van der Waals surface area (Å²) in [7, 11) is 0. The van der Waals surface area contributed by atoms with Gasteiger partial charge in [0.05, 0.1) is 23.7 Å². The molecule has 1 rings (SSSR count). The van der Waals surface area contributed by atoms with E-state index in [9.17, 15) is 13.2 Å². The third-order valence-corrected chi connectivity index (χ3v) is 2.57. The van der Waals surface area contributed by atoms with E-state index in [1.807, 2.05) is 6.92 Å². The SMILES string of the molecule is C#CCN(CCC)c1ccc(C#N)c(C(F)(F)F)c1. The smallest absolute Gasteiger partial charge is 0.360 e. The van der Waals surface area contributed by atoms with Crippen LogP contribution in [-0.2, 0) is 6.18 Å². The first kappa shape index (κ1) is 14.9. The molecule has 5 heteroatoms. The summed E-state index contributed by atoms with van der Waals surface area (Å²) < 4.78 is 38.5. The topological polar surface area (TPSA) is 27.0 Å². The molecule has 1 aromatic carbocycles. The molecule has 0 heterocycles. The molecule has 19 heavy (non-hydrogen) atoms. The van der Waals surface area contributed by atoms with Crippen molar-refractivity contribution < 1.29 is 13.2 Å². The average molecular weight is 266 g/mol. The van der Waals surface area contributed by atoms with Crippen molar-refractivity contribution in [3.8, 4) is 18.4 Å². The number of rotatable bonds is 4. The molecule has 0 saturated carbocycles. The van der Waals surface area contributed by atoms with E-state index in [2.05, 4.69) is 5.92 Å². The Kier molecular flexibility index (Phi) is 4.83. The molecular formula is C14H13F3N2. The van der Waals surface area contributed by atoms with Gasteiger partial charge in [-0.15, -0.1) is 6.42 Å². The largest absolute Gasteiger partial charge is 0.417 e. The number of nitriles is 1. The molecular weight excluding hydrogens is 253 g/mol. The molecule has 100 valence electrons. The van der Waals surface area contributed by atoms with Crippen LogP contribution in [0.4, 0.5) is 18.9 Å². The monoisotopic (exact) mass is 266 g/mol. The van der Waals surface area contributed by atoms with Gasteiger partial charge in [0.1, 0.15) is 0 Å². The molecule has 0 aliphatic rings. The van der Waals surface area contributed by atoms with Gasteiger partial charge in [0.25, 0.3) is 0 Å². The highest BCUT2D eigenvalue weighted by molar-refractivity contribution is 5.55. The van der Waals surface area contributed by atoms with Crippen molar-refractivity contribution in [3.63, 3.8) is 0 Å². The highest BCUT2D eigenvalue weighted by Gasteiger charge is 2.34. The van der Waals surface area contributed by atoms with E-state index in [1.54, 1.807) is 11.0 Å². The number of anilines is 1. The molecule has 0 unspecified atom stereocenters. The van der Waals surface area contributed by atoms with Crippen molar-refractivity contribution >= 4 is 5.69 Å². The molecule has 2 nitrogen and oxygen atoms in total. The number of hydrogen-bond donors (Lipinski definition) is 0. The lowest BCUT2D eigenvalue weighted by Gasteiger charge is -2.23. The quantitative estimate of drug-likeness (QED) is 0.781. The minimum atomic E-state index is -4.55. The van der Waals surface area contributed by atoms with Crippen molar-refractivity contribution in [1.82, 2.24) is 0 Å². The van der Waals surface area contributed by atoms with E-state index in [0.717, 1.165) is 12.5 Å². The van der Waals surface area contributed by atoms with Crippen LogP contribution in [0.3, 0.4) is 0 Å². The summed E-state index contributed by atoms with van der Waals surface area (Å²) in [4.78, 5) is 1.68. The van der Waals surface area contributed by atoms with E-state index in [1.165, 1.54) is 12.1 Å². The molecule has 1 aromatic rings. The maximum absolute atomic E-state index is 12.8. The molecule has 0 atom stereocenters.